The fourth-order valence-electron chi connectivity index (χ4n) is 2.65. The van der Waals surface area contributed by atoms with Gasteiger partial charge in [-0.25, -0.2) is 9.89 Å². The first-order valence-corrected chi connectivity index (χ1v) is 9.79. The first-order valence-electron chi connectivity index (χ1n) is 8.91. The highest BCUT2D eigenvalue weighted by Gasteiger charge is 2.31. The van der Waals surface area contributed by atoms with Crippen molar-refractivity contribution >= 4 is 17.7 Å². The molecule has 26 heavy (non-hydrogen) atoms. The van der Waals surface area contributed by atoms with Crippen molar-refractivity contribution in [3.63, 3.8) is 0 Å². The van der Waals surface area contributed by atoms with Gasteiger partial charge in [-0.15, -0.1) is 5.10 Å². The van der Waals surface area contributed by atoms with Crippen molar-refractivity contribution in [3.8, 4) is 0 Å². The number of nitrogens with zero attached hydrogens (tertiary/aromatic N) is 3. The van der Waals surface area contributed by atoms with Gasteiger partial charge in [-0.05, 0) is 39.7 Å². The second-order valence-corrected chi connectivity index (χ2v) is 8.61. The highest BCUT2D eigenvalue weighted by atomic mass is 32.2. The van der Waals surface area contributed by atoms with Crippen LogP contribution in [0.15, 0.2) is 40.3 Å². The summed E-state index contributed by atoms with van der Waals surface area (Å²) < 4.78 is 1.59. The molecule has 0 radical (unpaired) electrons. The van der Waals surface area contributed by atoms with E-state index in [9.17, 15) is 9.59 Å². The highest BCUT2D eigenvalue weighted by molar-refractivity contribution is 8.00. The Hall–Kier alpha value is -2.02. The molecule has 0 unspecified atom stereocenters. The van der Waals surface area contributed by atoms with Crippen molar-refractivity contribution in [1.82, 2.24) is 19.7 Å². The van der Waals surface area contributed by atoms with Crippen LogP contribution in [0.25, 0.3) is 0 Å². The average molecular weight is 377 g/mol. The van der Waals surface area contributed by atoms with Gasteiger partial charge in [0.25, 0.3) is 0 Å². The summed E-state index contributed by atoms with van der Waals surface area (Å²) in [4.78, 5) is 26.9. The molecule has 0 aliphatic heterocycles. The molecule has 0 spiro atoms. The van der Waals surface area contributed by atoms with Crippen LogP contribution in [0.2, 0.25) is 0 Å². The summed E-state index contributed by atoms with van der Waals surface area (Å²) in [6.07, 6.45) is 0.831. The second kappa shape index (κ2) is 8.58. The largest absolute Gasteiger partial charge is 0.343 e. The number of carbonyl (C=O) groups is 1. The third kappa shape index (κ3) is 5.00. The van der Waals surface area contributed by atoms with Crippen molar-refractivity contribution < 1.29 is 4.79 Å². The number of hydrogen-bond donors (Lipinski definition) is 1. The van der Waals surface area contributed by atoms with Crippen LogP contribution in [0.4, 0.5) is 0 Å². The summed E-state index contributed by atoms with van der Waals surface area (Å²) in [5.74, 6) is 0.0323. The van der Waals surface area contributed by atoms with E-state index in [-0.39, 0.29) is 22.4 Å². The van der Waals surface area contributed by atoms with Crippen molar-refractivity contribution in [3.05, 3.63) is 46.4 Å². The lowest BCUT2D eigenvalue weighted by atomic mass is 10.0. The zero-order chi connectivity index (χ0) is 19.3. The molecule has 7 heteroatoms. The molecule has 1 N–H and O–H groups in total. The van der Waals surface area contributed by atoms with Gasteiger partial charge in [0.05, 0.1) is 5.25 Å². The maximum atomic E-state index is 13.2. The Kier molecular flexibility index (Phi) is 6.69. The van der Waals surface area contributed by atoms with E-state index in [2.05, 4.69) is 10.2 Å². The lowest BCUT2D eigenvalue weighted by molar-refractivity contribution is -0.135. The molecule has 2 aromatic rings. The van der Waals surface area contributed by atoms with E-state index < -0.39 is 0 Å². The molecular formula is C19H28N4O2S. The van der Waals surface area contributed by atoms with Crippen molar-refractivity contribution in [2.75, 3.05) is 0 Å². The SMILES string of the molecule is CCCn1c(S[C@@H](C)C(=O)N(Cc2ccccc2)C(C)(C)C)n[nH]c1=O. The molecule has 0 saturated carbocycles. The Morgan fingerprint density at radius 2 is 1.96 bits per heavy atom. The number of benzene rings is 1. The van der Waals surface area contributed by atoms with E-state index in [1.165, 1.54) is 11.8 Å². The molecule has 6 nitrogen and oxygen atoms in total. The van der Waals surface area contributed by atoms with E-state index in [0.29, 0.717) is 18.2 Å². The molecule has 1 aromatic heterocycles. The number of aromatic nitrogens is 3. The molecule has 1 atom stereocenters. The summed E-state index contributed by atoms with van der Waals surface area (Å²) in [6, 6.07) is 9.97. The summed E-state index contributed by atoms with van der Waals surface area (Å²) in [5.41, 5.74) is 0.553. The van der Waals surface area contributed by atoms with Crippen LogP contribution < -0.4 is 5.69 Å². The van der Waals surface area contributed by atoms with E-state index in [0.717, 1.165) is 12.0 Å². The van der Waals surface area contributed by atoms with E-state index >= 15 is 0 Å². The standard InChI is InChI=1S/C19H28N4O2S/c1-6-12-22-17(25)20-21-18(22)26-14(2)16(24)23(19(3,4)5)13-15-10-8-7-9-11-15/h7-11,14H,6,12-13H2,1-5H3,(H,20,25)/t14-/m0/s1. The summed E-state index contributed by atoms with van der Waals surface area (Å²) in [6.45, 7) is 11.1. The highest BCUT2D eigenvalue weighted by Crippen LogP contribution is 2.26. The van der Waals surface area contributed by atoms with Crippen molar-refractivity contribution in [2.24, 2.45) is 0 Å². The van der Waals surface area contributed by atoms with Crippen LogP contribution in [0.3, 0.4) is 0 Å². The van der Waals surface area contributed by atoms with E-state index in [1.807, 2.05) is 69.9 Å². The number of rotatable bonds is 7. The monoisotopic (exact) mass is 376 g/mol. The minimum Gasteiger partial charge on any atom is -0.333 e. The summed E-state index contributed by atoms with van der Waals surface area (Å²) in [5, 5.41) is 6.77. The maximum Gasteiger partial charge on any atom is 0.343 e. The Bertz CT molecular complexity index is 777. The normalized spacial score (nSPS) is 12.8. The molecule has 2 rings (SSSR count). The number of thioether (sulfide) groups is 1. The lowest BCUT2D eigenvalue weighted by Gasteiger charge is -2.37. The molecule has 142 valence electrons. The second-order valence-electron chi connectivity index (χ2n) is 7.30. The van der Waals surface area contributed by atoms with E-state index in [1.54, 1.807) is 4.57 Å². The van der Waals surface area contributed by atoms with Gasteiger partial charge >= 0.3 is 5.69 Å². The fourth-order valence-corrected chi connectivity index (χ4v) is 3.60. The first kappa shape index (κ1) is 20.3. The molecule has 1 aromatic carbocycles. The molecule has 0 saturated heterocycles. The topological polar surface area (TPSA) is 71.0 Å². The van der Waals surface area contributed by atoms with Gasteiger partial charge < -0.3 is 4.90 Å². The Labute approximate surface area is 159 Å². The third-order valence-electron chi connectivity index (χ3n) is 4.06. The minimum atomic E-state index is -0.344. The predicted octanol–water partition coefficient (Wildman–Crippen LogP) is 3.29. The number of nitrogens with one attached hydrogen (secondary N) is 1. The quantitative estimate of drug-likeness (QED) is 0.753. The van der Waals surface area contributed by atoms with Crippen molar-refractivity contribution in [1.29, 1.82) is 0 Å². The Balaban J connectivity index is 2.18. The lowest BCUT2D eigenvalue weighted by Crippen LogP contribution is -2.48. The zero-order valence-corrected chi connectivity index (χ0v) is 17.0. The fraction of sp³-hybridized carbons (Fsp3) is 0.526. The van der Waals surface area contributed by atoms with Crippen LogP contribution >= 0.6 is 11.8 Å². The van der Waals surface area contributed by atoms with Crippen LogP contribution in [0, 0.1) is 0 Å². The average Bonchev–Trinajstić information content (AvgIpc) is 2.92. The first-order chi connectivity index (χ1) is 12.2. The summed E-state index contributed by atoms with van der Waals surface area (Å²) >= 11 is 1.32. The zero-order valence-electron chi connectivity index (χ0n) is 16.2. The molecule has 0 bridgehead atoms. The van der Waals surface area contributed by atoms with Gasteiger partial charge in [-0.3, -0.25) is 9.36 Å². The maximum absolute atomic E-state index is 13.2. The van der Waals surface area contributed by atoms with Crippen LogP contribution in [0.5, 0.6) is 0 Å². The Morgan fingerprint density at radius 3 is 2.54 bits per heavy atom. The minimum absolute atomic E-state index is 0.0323. The number of amides is 1. The van der Waals surface area contributed by atoms with Crippen LogP contribution in [-0.2, 0) is 17.9 Å². The van der Waals surface area contributed by atoms with Crippen LogP contribution in [0.1, 0.15) is 46.6 Å². The molecular weight excluding hydrogens is 348 g/mol. The molecule has 0 aliphatic carbocycles. The van der Waals surface area contributed by atoms with Gasteiger partial charge in [-0.1, -0.05) is 49.0 Å². The summed E-state index contributed by atoms with van der Waals surface area (Å²) in [7, 11) is 0. The number of aromatic amines is 1. The van der Waals surface area contributed by atoms with Crippen LogP contribution in [-0.4, -0.2) is 36.4 Å². The van der Waals surface area contributed by atoms with Crippen molar-refractivity contribution in [2.45, 2.75) is 70.1 Å². The van der Waals surface area contributed by atoms with Gasteiger partial charge in [-0.2, -0.15) is 0 Å². The van der Waals surface area contributed by atoms with E-state index in [4.69, 9.17) is 0 Å². The predicted molar refractivity (Wildman–Crippen MR) is 105 cm³/mol. The van der Waals surface area contributed by atoms with Gasteiger partial charge in [0.2, 0.25) is 5.91 Å². The number of hydrogen-bond acceptors (Lipinski definition) is 4. The van der Waals surface area contributed by atoms with Gasteiger partial charge in [0.15, 0.2) is 5.16 Å². The number of carbonyl (C=O) groups excluding carboxylic acids is 1. The molecule has 1 heterocycles. The molecule has 0 fully saturated rings. The van der Waals surface area contributed by atoms with Gasteiger partial charge in [0.1, 0.15) is 0 Å². The third-order valence-corrected chi connectivity index (χ3v) is 5.14. The van der Waals surface area contributed by atoms with Gasteiger partial charge in [0, 0.05) is 18.6 Å². The molecule has 1 amide bonds. The Morgan fingerprint density at radius 1 is 1.31 bits per heavy atom. The molecule has 0 aliphatic rings. The number of H-pyrrole nitrogens is 1. The smallest absolute Gasteiger partial charge is 0.333 e.